The first-order valence-corrected chi connectivity index (χ1v) is 11.4. The van der Waals surface area contributed by atoms with Crippen molar-refractivity contribution in [1.29, 1.82) is 0 Å². The van der Waals surface area contributed by atoms with Gasteiger partial charge < -0.3 is 4.98 Å². The summed E-state index contributed by atoms with van der Waals surface area (Å²) in [6.07, 6.45) is 4.75. The van der Waals surface area contributed by atoms with Crippen LogP contribution in [0.4, 0.5) is 5.82 Å². The predicted octanol–water partition coefficient (Wildman–Crippen LogP) is 4.70. The maximum Gasteiger partial charge on any atom is 0.191 e. The van der Waals surface area contributed by atoms with Gasteiger partial charge in [-0.15, -0.1) is 5.10 Å². The first kappa shape index (κ1) is 20.2. The van der Waals surface area contributed by atoms with Crippen molar-refractivity contribution in [2.75, 3.05) is 11.2 Å². The fraction of sp³-hybridized carbons (Fsp3) is 0.174. The molecule has 32 heavy (non-hydrogen) atoms. The Kier molecular flexibility index (Phi) is 5.80. The molecule has 160 valence electrons. The molecule has 0 saturated carbocycles. The van der Waals surface area contributed by atoms with Crippen LogP contribution in [0.2, 0.25) is 0 Å². The molecule has 5 rings (SSSR count). The minimum absolute atomic E-state index is 0.545. The van der Waals surface area contributed by atoms with Crippen LogP contribution in [-0.2, 0) is 6.54 Å². The Morgan fingerprint density at radius 1 is 1.09 bits per heavy atom. The number of fused-ring (bicyclic) bond motifs is 2. The molecule has 3 heterocycles. The molecule has 9 heteroatoms. The average molecular weight is 443 g/mol. The Morgan fingerprint density at radius 3 is 2.81 bits per heavy atom. The van der Waals surface area contributed by atoms with Gasteiger partial charge in [0.2, 0.25) is 0 Å². The van der Waals surface area contributed by atoms with E-state index in [0.717, 1.165) is 34.2 Å². The summed E-state index contributed by atoms with van der Waals surface area (Å²) in [5.41, 5.74) is 7.54. The van der Waals surface area contributed by atoms with Gasteiger partial charge in [0, 0.05) is 28.4 Å². The highest BCUT2D eigenvalue weighted by atomic mass is 32.2. The van der Waals surface area contributed by atoms with Crippen LogP contribution < -0.4 is 5.43 Å². The molecule has 0 aliphatic rings. The zero-order chi connectivity index (χ0) is 21.8. The second-order valence-corrected chi connectivity index (χ2v) is 8.33. The maximum atomic E-state index is 4.72. The van der Waals surface area contributed by atoms with Crippen LogP contribution in [0.5, 0.6) is 0 Å². The lowest BCUT2D eigenvalue weighted by atomic mass is 10.2. The Bertz CT molecular complexity index is 1370. The minimum atomic E-state index is 0.545. The van der Waals surface area contributed by atoms with Gasteiger partial charge in [-0.1, -0.05) is 72.4 Å². The topological polar surface area (TPSA) is 96.7 Å². The van der Waals surface area contributed by atoms with Crippen LogP contribution in [0, 0.1) is 0 Å². The zero-order valence-corrected chi connectivity index (χ0v) is 18.4. The van der Waals surface area contributed by atoms with Crippen molar-refractivity contribution in [3.8, 4) is 0 Å². The second-order valence-electron chi connectivity index (χ2n) is 7.27. The molecule has 0 spiro atoms. The highest BCUT2D eigenvalue weighted by Crippen LogP contribution is 2.24. The number of hydrogen-bond donors (Lipinski definition) is 2. The summed E-state index contributed by atoms with van der Waals surface area (Å²) >= 11 is 1.61. The number of hydrazone groups is 1. The third-order valence-corrected chi connectivity index (χ3v) is 6.00. The van der Waals surface area contributed by atoms with Crippen molar-refractivity contribution < 1.29 is 0 Å². The Labute approximate surface area is 189 Å². The van der Waals surface area contributed by atoms with Crippen LogP contribution in [0.3, 0.4) is 0 Å². The SMILES string of the molecule is CCCSc1nc(N/N=C/c2c[nH]c3ccccc23)c2nnn(Cc3ccccc3)c2n1. The Balaban J connectivity index is 1.46. The molecule has 0 radical (unpaired) electrons. The van der Waals surface area contributed by atoms with Crippen LogP contribution in [-0.4, -0.2) is 41.9 Å². The zero-order valence-electron chi connectivity index (χ0n) is 17.6. The van der Waals surface area contributed by atoms with Crippen molar-refractivity contribution in [1.82, 2.24) is 29.9 Å². The van der Waals surface area contributed by atoms with E-state index in [0.29, 0.717) is 28.7 Å². The van der Waals surface area contributed by atoms with Gasteiger partial charge in [0.15, 0.2) is 22.1 Å². The number of thioether (sulfide) groups is 1. The van der Waals surface area contributed by atoms with Crippen LogP contribution in [0.1, 0.15) is 24.5 Å². The van der Waals surface area contributed by atoms with E-state index in [1.807, 2.05) is 42.6 Å². The number of aromatic nitrogens is 6. The van der Waals surface area contributed by atoms with E-state index in [4.69, 9.17) is 4.98 Å². The molecule has 2 N–H and O–H groups in total. The summed E-state index contributed by atoms with van der Waals surface area (Å²) in [4.78, 5) is 12.6. The smallest absolute Gasteiger partial charge is 0.191 e. The molecule has 5 aromatic rings. The normalized spacial score (nSPS) is 11.7. The summed E-state index contributed by atoms with van der Waals surface area (Å²) in [7, 11) is 0. The lowest BCUT2D eigenvalue weighted by molar-refractivity contribution is 0.661. The van der Waals surface area contributed by atoms with Gasteiger partial charge in [0.25, 0.3) is 0 Å². The van der Waals surface area contributed by atoms with E-state index in [1.54, 1.807) is 22.7 Å². The number of aromatic amines is 1. The number of H-pyrrole nitrogens is 1. The summed E-state index contributed by atoms with van der Waals surface area (Å²) in [6.45, 7) is 2.72. The van der Waals surface area contributed by atoms with Gasteiger partial charge in [0.1, 0.15) is 0 Å². The number of anilines is 1. The number of hydrogen-bond acceptors (Lipinski definition) is 7. The molecule has 0 fully saturated rings. The summed E-state index contributed by atoms with van der Waals surface area (Å²) in [5.74, 6) is 1.48. The molecule has 2 aromatic carbocycles. The lowest BCUT2D eigenvalue weighted by Gasteiger charge is -2.06. The van der Waals surface area contributed by atoms with E-state index in [2.05, 4.69) is 55.9 Å². The van der Waals surface area contributed by atoms with E-state index in [-0.39, 0.29) is 0 Å². The molecular formula is C23H22N8S. The Hall–Kier alpha value is -3.72. The number of benzene rings is 2. The van der Waals surface area contributed by atoms with Gasteiger partial charge in [0.05, 0.1) is 12.8 Å². The van der Waals surface area contributed by atoms with E-state index in [1.165, 1.54) is 0 Å². The Morgan fingerprint density at radius 2 is 1.94 bits per heavy atom. The van der Waals surface area contributed by atoms with Gasteiger partial charge in [-0.25, -0.2) is 14.6 Å². The summed E-state index contributed by atoms with van der Waals surface area (Å²) < 4.78 is 1.80. The fourth-order valence-corrected chi connectivity index (χ4v) is 4.09. The van der Waals surface area contributed by atoms with Gasteiger partial charge in [-0.05, 0) is 18.1 Å². The van der Waals surface area contributed by atoms with Gasteiger partial charge in [-0.2, -0.15) is 5.10 Å². The van der Waals surface area contributed by atoms with E-state index < -0.39 is 0 Å². The standard InChI is InChI=1S/C23H22N8S/c1-2-12-32-23-26-21(29-25-14-17-13-24-19-11-7-6-10-18(17)19)20-22(27-23)31(30-28-20)15-16-8-4-3-5-9-16/h3-11,13-14,24H,2,12,15H2,1H3,(H,26,27,29)/b25-14+. The van der Waals surface area contributed by atoms with Gasteiger partial charge >= 0.3 is 0 Å². The molecule has 3 aromatic heterocycles. The molecule has 8 nitrogen and oxygen atoms in total. The summed E-state index contributed by atoms with van der Waals surface area (Å²) in [5, 5.41) is 14.9. The van der Waals surface area contributed by atoms with Crippen molar-refractivity contribution >= 4 is 45.9 Å². The van der Waals surface area contributed by atoms with Crippen LogP contribution in [0.25, 0.3) is 22.1 Å². The van der Waals surface area contributed by atoms with Crippen molar-refractivity contribution in [3.63, 3.8) is 0 Å². The number of rotatable bonds is 8. The average Bonchev–Trinajstić information content (AvgIpc) is 3.43. The van der Waals surface area contributed by atoms with Crippen molar-refractivity contribution in [2.45, 2.75) is 25.0 Å². The molecule has 0 amide bonds. The summed E-state index contributed by atoms with van der Waals surface area (Å²) in [6, 6.07) is 18.3. The van der Waals surface area contributed by atoms with Crippen molar-refractivity contribution in [2.24, 2.45) is 5.10 Å². The quantitative estimate of drug-likeness (QED) is 0.156. The lowest BCUT2D eigenvalue weighted by Crippen LogP contribution is -2.04. The maximum absolute atomic E-state index is 4.72. The molecule has 0 saturated heterocycles. The predicted molar refractivity (Wildman–Crippen MR) is 129 cm³/mol. The minimum Gasteiger partial charge on any atom is -0.361 e. The molecule has 0 aliphatic heterocycles. The number of nitrogens with one attached hydrogen (secondary N) is 2. The van der Waals surface area contributed by atoms with E-state index in [9.17, 15) is 0 Å². The highest BCUT2D eigenvalue weighted by Gasteiger charge is 2.15. The van der Waals surface area contributed by atoms with Crippen LogP contribution in [0.15, 0.2) is 71.1 Å². The third-order valence-electron chi connectivity index (χ3n) is 4.95. The first-order chi connectivity index (χ1) is 15.8. The molecule has 0 unspecified atom stereocenters. The number of para-hydroxylation sites is 1. The third kappa shape index (κ3) is 4.19. The van der Waals surface area contributed by atoms with E-state index >= 15 is 0 Å². The highest BCUT2D eigenvalue weighted by molar-refractivity contribution is 7.99. The number of nitrogens with zero attached hydrogens (tertiary/aromatic N) is 6. The molecular weight excluding hydrogens is 420 g/mol. The second kappa shape index (κ2) is 9.19. The molecule has 0 bridgehead atoms. The largest absolute Gasteiger partial charge is 0.361 e. The molecule has 0 aliphatic carbocycles. The van der Waals surface area contributed by atoms with Gasteiger partial charge in [-0.3, -0.25) is 5.43 Å². The molecule has 0 atom stereocenters. The first-order valence-electron chi connectivity index (χ1n) is 10.4. The van der Waals surface area contributed by atoms with Crippen LogP contribution >= 0.6 is 11.8 Å². The van der Waals surface area contributed by atoms with Crippen molar-refractivity contribution in [3.05, 3.63) is 71.9 Å². The fourth-order valence-electron chi connectivity index (χ4n) is 3.40. The monoisotopic (exact) mass is 442 g/mol.